The minimum Gasteiger partial charge on any atom is -0.288 e. The lowest BCUT2D eigenvalue weighted by Gasteiger charge is -2.19. The summed E-state index contributed by atoms with van der Waals surface area (Å²) < 4.78 is 0. The molecule has 0 aliphatic carbocycles. The third-order valence-corrected chi connectivity index (χ3v) is 2.93. The minimum absolute atomic E-state index is 0.105. The summed E-state index contributed by atoms with van der Waals surface area (Å²) in [5, 5.41) is 8.73. The van der Waals surface area contributed by atoms with Crippen LogP contribution in [-0.4, -0.2) is 24.0 Å². The summed E-state index contributed by atoms with van der Waals surface area (Å²) in [6.07, 6.45) is 1.27. The van der Waals surface area contributed by atoms with Crippen molar-refractivity contribution in [2.75, 3.05) is 13.1 Å². The van der Waals surface area contributed by atoms with Gasteiger partial charge in [-0.25, -0.2) is 0 Å². The van der Waals surface area contributed by atoms with E-state index in [0.29, 0.717) is 0 Å². The first-order valence-electron chi connectivity index (χ1n) is 4.78. The molecule has 2 unspecified atom stereocenters. The van der Waals surface area contributed by atoms with Gasteiger partial charge < -0.3 is 0 Å². The van der Waals surface area contributed by atoms with Crippen LogP contribution in [0, 0.1) is 23.2 Å². The van der Waals surface area contributed by atoms with Crippen molar-refractivity contribution in [3.05, 3.63) is 0 Å². The van der Waals surface area contributed by atoms with E-state index in [4.69, 9.17) is 5.26 Å². The molecule has 0 N–H and O–H groups in total. The third-order valence-electron chi connectivity index (χ3n) is 2.93. The topological polar surface area (TPSA) is 27.0 Å². The monoisotopic (exact) mass is 166 g/mol. The van der Waals surface area contributed by atoms with Gasteiger partial charge in [-0.15, -0.1) is 0 Å². The van der Waals surface area contributed by atoms with Crippen LogP contribution in [-0.2, 0) is 0 Å². The van der Waals surface area contributed by atoms with Crippen LogP contribution in [0.2, 0.25) is 0 Å². The number of rotatable bonds is 2. The number of nitriles is 1. The molecule has 12 heavy (non-hydrogen) atoms. The molecule has 0 aromatic carbocycles. The van der Waals surface area contributed by atoms with Crippen LogP contribution in [0.3, 0.4) is 0 Å². The first kappa shape index (κ1) is 9.54. The maximum absolute atomic E-state index is 8.73. The Balaban J connectivity index is 2.41. The molecule has 2 nitrogen and oxygen atoms in total. The van der Waals surface area contributed by atoms with Gasteiger partial charge >= 0.3 is 0 Å². The molecule has 1 saturated heterocycles. The number of hydrogen-bond acceptors (Lipinski definition) is 2. The van der Waals surface area contributed by atoms with Gasteiger partial charge in [0, 0.05) is 6.54 Å². The Bertz CT molecular complexity index is 181. The second-order valence-electron chi connectivity index (χ2n) is 4.09. The van der Waals surface area contributed by atoms with Crippen molar-refractivity contribution in [3.8, 4) is 6.07 Å². The van der Waals surface area contributed by atoms with Crippen molar-refractivity contribution < 1.29 is 0 Å². The van der Waals surface area contributed by atoms with E-state index >= 15 is 0 Å². The molecular weight excluding hydrogens is 148 g/mol. The van der Waals surface area contributed by atoms with Gasteiger partial charge in [-0.05, 0) is 31.7 Å². The molecule has 1 aliphatic rings. The maximum atomic E-state index is 8.73. The third kappa shape index (κ3) is 1.98. The van der Waals surface area contributed by atoms with E-state index in [-0.39, 0.29) is 6.04 Å². The molecule has 0 saturated carbocycles. The molecule has 0 spiro atoms. The van der Waals surface area contributed by atoms with Gasteiger partial charge in [0.25, 0.3) is 0 Å². The molecule has 0 bridgehead atoms. The van der Waals surface area contributed by atoms with Gasteiger partial charge in [-0.2, -0.15) is 5.26 Å². The summed E-state index contributed by atoms with van der Waals surface area (Å²) in [6.45, 7) is 8.75. The van der Waals surface area contributed by atoms with E-state index in [9.17, 15) is 0 Å². The zero-order chi connectivity index (χ0) is 9.14. The van der Waals surface area contributed by atoms with Gasteiger partial charge in [-0.3, -0.25) is 4.90 Å². The number of nitrogens with zero attached hydrogens (tertiary/aromatic N) is 2. The van der Waals surface area contributed by atoms with E-state index in [0.717, 1.165) is 24.9 Å². The van der Waals surface area contributed by atoms with Gasteiger partial charge in [-0.1, -0.05) is 13.8 Å². The lowest BCUT2D eigenvalue weighted by atomic mass is 9.95. The predicted molar refractivity (Wildman–Crippen MR) is 49.6 cm³/mol. The van der Waals surface area contributed by atoms with E-state index in [2.05, 4.69) is 24.8 Å². The predicted octanol–water partition coefficient (Wildman–Crippen LogP) is 1.88. The fourth-order valence-corrected chi connectivity index (χ4v) is 1.79. The van der Waals surface area contributed by atoms with Crippen LogP contribution < -0.4 is 0 Å². The average molecular weight is 166 g/mol. The van der Waals surface area contributed by atoms with Crippen molar-refractivity contribution in [1.82, 2.24) is 4.90 Å². The van der Waals surface area contributed by atoms with Gasteiger partial charge in [0.05, 0.1) is 12.1 Å². The van der Waals surface area contributed by atoms with Gasteiger partial charge in [0.15, 0.2) is 0 Å². The lowest BCUT2D eigenvalue weighted by molar-refractivity contribution is 0.277. The van der Waals surface area contributed by atoms with Crippen LogP contribution in [0.25, 0.3) is 0 Å². The molecule has 2 atom stereocenters. The van der Waals surface area contributed by atoms with Crippen molar-refractivity contribution in [2.45, 2.75) is 33.2 Å². The van der Waals surface area contributed by atoms with Crippen molar-refractivity contribution in [2.24, 2.45) is 11.8 Å². The SMILES string of the molecule is CC(C)C1CCN(C(C)C#N)C1. The Hall–Kier alpha value is -0.550. The van der Waals surface area contributed by atoms with Gasteiger partial charge in [0.2, 0.25) is 0 Å². The standard InChI is InChI=1S/C10H18N2/c1-8(2)10-4-5-12(7-10)9(3)6-11/h8-10H,4-5,7H2,1-3H3. The zero-order valence-corrected chi connectivity index (χ0v) is 8.25. The van der Waals surface area contributed by atoms with Crippen LogP contribution >= 0.6 is 0 Å². The highest BCUT2D eigenvalue weighted by Gasteiger charge is 2.27. The molecule has 1 fully saturated rings. The highest BCUT2D eigenvalue weighted by atomic mass is 15.2. The summed E-state index contributed by atoms with van der Waals surface area (Å²) >= 11 is 0. The van der Waals surface area contributed by atoms with Crippen LogP contribution in [0.15, 0.2) is 0 Å². The number of hydrogen-bond donors (Lipinski definition) is 0. The summed E-state index contributed by atoms with van der Waals surface area (Å²) in [7, 11) is 0. The quantitative estimate of drug-likeness (QED) is 0.626. The Morgan fingerprint density at radius 3 is 2.50 bits per heavy atom. The van der Waals surface area contributed by atoms with Crippen LogP contribution in [0.5, 0.6) is 0 Å². The van der Waals surface area contributed by atoms with Gasteiger partial charge in [0.1, 0.15) is 0 Å². The van der Waals surface area contributed by atoms with Crippen LogP contribution in [0.4, 0.5) is 0 Å². The van der Waals surface area contributed by atoms with Crippen molar-refractivity contribution in [3.63, 3.8) is 0 Å². The largest absolute Gasteiger partial charge is 0.288 e. The fraction of sp³-hybridized carbons (Fsp3) is 0.900. The molecule has 1 heterocycles. The van der Waals surface area contributed by atoms with Crippen molar-refractivity contribution >= 4 is 0 Å². The maximum Gasteiger partial charge on any atom is 0.0949 e. The number of likely N-dealkylation sites (tertiary alicyclic amines) is 1. The van der Waals surface area contributed by atoms with E-state index in [1.54, 1.807) is 0 Å². The molecule has 1 rings (SSSR count). The average Bonchev–Trinajstić information content (AvgIpc) is 2.51. The summed E-state index contributed by atoms with van der Waals surface area (Å²) in [6, 6.07) is 2.40. The second kappa shape index (κ2) is 3.91. The summed E-state index contributed by atoms with van der Waals surface area (Å²) in [5.74, 6) is 1.57. The molecule has 0 aromatic heterocycles. The molecule has 1 aliphatic heterocycles. The first-order chi connectivity index (χ1) is 5.65. The molecular formula is C10H18N2. The summed E-state index contributed by atoms with van der Waals surface area (Å²) in [5.41, 5.74) is 0. The highest BCUT2D eigenvalue weighted by Crippen LogP contribution is 2.24. The second-order valence-corrected chi connectivity index (χ2v) is 4.09. The summed E-state index contributed by atoms with van der Waals surface area (Å²) in [4.78, 5) is 2.28. The molecule has 68 valence electrons. The highest BCUT2D eigenvalue weighted by molar-refractivity contribution is 4.92. The Morgan fingerprint density at radius 1 is 1.42 bits per heavy atom. The fourth-order valence-electron chi connectivity index (χ4n) is 1.79. The van der Waals surface area contributed by atoms with Crippen molar-refractivity contribution in [1.29, 1.82) is 5.26 Å². The smallest absolute Gasteiger partial charge is 0.0949 e. The Labute approximate surface area is 75.2 Å². The molecule has 0 radical (unpaired) electrons. The van der Waals surface area contributed by atoms with E-state index in [1.807, 2.05) is 6.92 Å². The first-order valence-corrected chi connectivity index (χ1v) is 4.78. The van der Waals surface area contributed by atoms with Crippen LogP contribution in [0.1, 0.15) is 27.2 Å². The van der Waals surface area contributed by atoms with E-state index < -0.39 is 0 Å². The molecule has 2 heteroatoms. The minimum atomic E-state index is 0.105. The zero-order valence-electron chi connectivity index (χ0n) is 8.25. The molecule has 0 amide bonds. The Kier molecular flexibility index (Phi) is 3.11. The van der Waals surface area contributed by atoms with E-state index in [1.165, 1.54) is 6.42 Å². The lowest BCUT2D eigenvalue weighted by Crippen LogP contribution is -2.30. The Morgan fingerprint density at radius 2 is 2.08 bits per heavy atom. The normalized spacial score (nSPS) is 27.4. The molecule has 0 aromatic rings.